The number of carbonyl (C=O) groups is 1. The Balaban J connectivity index is 1.54. The van der Waals surface area contributed by atoms with Crippen LogP contribution < -0.4 is 10.0 Å². The van der Waals surface area contributed by atoms with Crippen LogP contribution in [0.4, 0.5) is 23.2 Å². The van der Waals surface area contributed by atoms with Crippen molar-refractivity contribution < 1.29 is 35.2 Å². The van der Waals surface area contributed by atoms with Gasteiger partial charge in [-0.25, -0.2) is 17.8 Å². The molecule has 0 bridgehead atoms. The number of rotatable bonds is 7. The fourth-order valence-electron chi connectivity index (χ4n) is 4.91. The molecule has 0 atom stereocenters. The highest BCUT2D eigenvalue weighted by Crippen LogP contribution is 2.42. The van der Waals surface area contributed by atoms with E-state index < -0.39 is 33.5 Å². The molecule has 0 spiro atoms. The van der Waals surface area contributed by atoms with Gasteiger partial charge in [-0.3, -0.25) is 9.52 Å². The van der Waals surface area contributed by atoms with Gasteiger partial charge in [0.05, 0.1) is 32.8 Å². The van der Waals surface area contributed by atoms with Gasteiger partial charge >= 0.3 is 6.18 Å². The third-order valence-corrected chi connectivity index (χ3v) is 9.55. The second kappa shape index (κ2) is 11.3. The summed E-state index contributed by atoms with van der Waals surface area (Å²) in [5.41, 5.74) is 1.98. The zero-order valence-corrected chi connectivity index (χ0v) is 25.3. The fourth-order valence-corrected chi connectivity index (χ4v) is 6.50. The lowest BCUT2D eigenvalue weighted by molar-refractivity contribution is -0.137. The van der Waals surface area contributed by atoms with Crippen molar-refractivity contribution in [1.82, 2.24) is 10.3 Å². The number of alkyl halides is 3. The molecule has 2 heterocycles. The van der Waals surface area contributed by atoms with Crippen molar-refractivity contribution in [2.75, 3.05) is 17.5 Å². The van der Waals surface area contributed by atoms with Crippen molar-refractivity contribution in [3.8, 4) is 33.0 Å². The number of nitrogens with zero attached hydrogens (tertiary/aromatic N) is 1. The summed E-state index contributed by atoms with van der Waals surface area (Å²) in [6, 6.07) is 18.9. The molecule has 1 amide bonds. The van der Waals surface area contributed by atoms with Crippen LogP contribution in [0.15, 0.2) is 83.3 Å². The Morgan fingerprint density at radius 1 is 0.956 bits per heavy atom. The van der Waals surface area contributed by atoms with Gasteiger partial charge < -0.3 is 9.73 Å². The lowest BCUT2D eigenvalue weighted by atomic mass is 9.97. The molecule has 13 heteroatoms. The maximum Gasteiger partial charge on any atom is 0.416 e. The molecule has 0 radical (unpaired) electrons. The summed E-state index contributed by atoms with van der Waals surface area (Å²) in [7, 11) is -2.31. The van der Waals surface area contributed by atoms with Crippen molar-refractivity contribution in [1.29, 1.82) is 0 Å². The van der Waals surface area contributed by atoms with E-state index in [9.17, 15) is 30.8 Å². The van der Waals surface area contributed by atoms with E-state index in [1.54, 1.807) is 30.3 Å². The summed E-state index contributed by atoms with van der Waals surface area (Å²) < 4.78 is 88.2. The number of hydrogen-bond acceptors (Lipinski definition) is 6. The van der Waals surface area contributed by atoms with Gasteiger partial charge in [-0.05, 0) is 67.1 Å². The van der Waals surface area contributed by atoms with Crippen LogP contribution in [0, 0.1) is 5.82 Å². The first-order chi connectivity index (χ1) is 21.4. The maximum atomic E-state index is 13.7. The van der Waals surface area contributed by atoms with Crippen LogP contribution in [-0.2, 0) is 16.2 Å². The van der Waals surface area contributed by atoms with Crippen LogP contribution in [0.1, 0.15) is 22.8 Å². The Bertz CT molecular complexity index is 2210. The number of aromatic nitrogens is 1. The van der Waals surface area contributed by atoms with Gasteiger partial charge in [-0.1, -0.05) is 18.2 Å². The van der Waals surface area contributed by atoms with Gasteiger partial charge in [0.15, 0.2) is 0 Å². The van der Waals surface area contributed by atoms with E-state index in [1.165, 1.54) is 61.7 Å². The molecular formula is C32H23F4N3O4S2. The highest BCUT2D eigenvalue weighted by atomic mass is 32.2. The summed E-state index contributed by atoms with van der Waals surface area (Å²) in [6.07, 6.45) is -4.50. The van der Waals surface area contributed by atoms with E-state index in [2.05, 4.69) is 15.0 Å². The molecule has 0 saturated heterocycles. The standard InChI is InChI=1S/C32H23F4N3O4S2/c1-3-45(41,42)39-24-16-26-23(28(30(40)37-2)29(43-26)17-7-10-21(33)11-8-17)15-22(24)18-5-4-6-19(13-18)31-38-25-14-20(32(34,35)36)9-12-27(25)44-31/h4-16,39H,3H2,1-2H3,(H,37,40). The molecule has 45 heavy (non-hydrogen) atoms. The minimum Gasteiger partial charge on any atom is -0.455 e. The number of sulfonamides is 1. The number of furan rings is 1. The van der Waals surface area contributed by atoms with Gasteiger partial charge in [0, 0.05) is 35.2 Å². The number of thiazole rings is 1. The average Bonchev–Trinajstić information content (AvgIpc) is 3.61. The topological polar surface area (TPSA) is 101 Å². The minimum absolute atomic E-state index is 0.173. The first-order valence-corrected chi connectivity index (χ1v) is 16.0. The molecule has 6 rings (SSSR count). The van der Waals surface area contributed by atoms with Crippen LogP contribution in [0.2, 0.25) is 0 Å². The Hall–Kier alpha value is -4.75. The van der Waals surface area contributed by atoms with E-state index in [-0.39, 0.29) is 33.9 Å². The average molecular weight is 654 g/mol. The molecule has 0 aliphatic carbocycles. The maximum absolute atomic E-state index is 13.7. The predicted molar refractivity (Wildman–Crippen MR) is 167 cm³/mol. The smallest absolute Gasteiger partial charge is 0.416 e. The predicted octanol–water partition coefficient (Wildman–Crippen LogP) is 8.32. The van der Waals surface area contributed by atoms with E-state index in [0.717, 1.165) is 12.1 Å². The quantitative estimate of drug-likeness (QED) is 0.169. The minimum atomic E-state index is -4.50. The Kier molecular flexibility index (Phi) is 7.61. The van der Waals surface area contributed by atoms with Crippen molar-refractivity contribution in [3.63, 3.8) is 0 Å². The Morgan fingerprint density at radius 3 is 2.38 bits per heavy atom. The molecule has 0 unspecified atom stereocenters. The van der Waals surface area contributed by atoms with E-state index in [1.807, 2.05) is 0 Å². The Labute approximate surface area is 258 Å². The molecule has 2 aromatic heterocycles. The molecule has 7 nitrogen and oxygen atoms in total. The first-order valence-electron chi connectivity index (χ1n) is 13.5. The SMILES string of the molecule is CCS(=O)(=O)Nc1cc2oc(-c3ccc(F)cc3)c(C(=O)NC)c2cc1-c1cccc(-c2nc3cc(C(F)(F)F)ccc3s2)c1. The fraction of sp³-hybridized carbons (Fsp3) is 0.125. The van der Waals surface area contributed by atoms with Crippen molar-refractivity contribution >= 4 is 54.1 Å². The normalized spacial score (nSPS) is 12.1. The van der Waals surface area contributed by atoms with Gasteiger partial charge in [0.2, 0.25) is 10.0 Å². The summed E-state index contributed by atoms with van der Waals surface area (Å²) >= 11 is 1.22. The molecule has 4 aromatic carbocycles. The largest absolute Gasteiger partial charge is 0.455 e. The number of anilines is 1. The molecule has 6 aromatic rings. The number of carbonyl (C=O) groups excluding carboxylic acids is 1. The van der Waals surface area contributed by atoms with Gasteiger partial charge in [-0.2, -0.15) is 13.2 Å². The number of benzene rings is 4. The van der Waals surface area contributed by atoms with Crippen molar-refractivity contribution in [2.45, 2.75) is 13.1 Å². The van der Waals surface area contributed by atoms with Gasteiger partial charge in [-0.15, -0.1) is 11.3 Å². The highest BCUT2D eigenvalue weighted by Gasteiger charge is 2.31. The van der Waals surface area contributed by atoms with Crippen LogP contribution in [0.3, 0.4) is 0 Å². The third-order valence-electron chi connectivity index (χ3n) is 7.17. The highest BCUT2D eigenvalue weighted by molar-refractivity contribution is 7.92. The van der Waals surface area contributed by atoms with Crippen LogP contribution >= 0.6 is 11.3 Å². The molecule has 0 aliphatic rings. The molecule has 0 fully saturated rings. The van der Waals surface area contributed by atoms with E-state index in [0.29, 0.717) is 37.3 Å². The number of nitrogens with one attached hydrogen (secondary N) is 2. The summed E-state index contributed by atoms with van der Waals surface area (Å²) in [4.78, 5) is 17.6. The van der Waals surface area contributed by atoms with Gasteiger partial charge in [0.1, 0.15) is 22.2 Å². The van der Waals surface area contributed by atoms with Crippen molar-refractivity contribution in [2.24, 2.45) is 0 Å². The molecule has 2 N–H and O–H groups in total. The molecular weight excluding hydrogens is 630 g/mol. The van der Waals surface area contributed by atoms with Crippen molar-refractivity contribution in [3.05, 3.63) is 95.8 Å². The number of hydrogen-bond donors (Lipinski definition) is 2. The second-order valence-corrected chi connectivity index (χ2v) is 13.1. The number of fused-ring (bicyclic) bond motifs is 2. The van der Waals surface area contributed by atoms with Gasteiger partial charge in [0.25, 0.3) is 5.91 Å². The number of halogens is 4. The molecule has 230 valence electrons. The third kappa shape index (κ3) is 5.88. The van der Waals surface area contributed by atoms with E-state index in [4.69, 9.17) is 4.42 Å². The van der Waals surface area contributed by atoms with E-state index >= 15 is 0 Å². The molecule has 0 aliphatic heterocycles. The zero-order chi connectivity index (χ0) is 32.1. The monoisotopic (exact) mass is 653 g/mol. The zero-order valence-electron chi connectivity index (χ0n) is 23.6. The van der Waals surface area contributed by atoms with Crippen LogP contribution in [0.25, 0.3) is 54.2 Å². The summed E-state index contributed by atoms with van der Waals surface area (Å²) in [5.74, 6) is -0.975. The lowest BCUT2D eigenvalue weighted by Gasteiger charge is -2.13. The lowest BCUT2D eigenvalue weighted by Crippen LogP contribution is -2.18. The number of amides is 1. The van der Waals surface area contributed by atoms with Crippen LogP contribution in [0.5, 0.6) is 0 Å². The van der Waals surface area contributed by atoms with Crippen LogP contribution in [-0.4, -0.2) is 32.1 Å². The summed E-state index contributed by atoms with van der Waals surface area (Å²) in [5, 5.41) is 3.45. The summed E-state index contributed by atoms with van der Waals surface area (Å²) in [6.45, 7) is 1.49. The second-order valence-electron chi connectivity index (χ2n) is 10.1. The molecule has 0 saturated carbocycles. The Morgan fingerprint density at radius 2 is 1.69 bits per heavy atom. The first kappa shape index (κ1) is 30.3.